The van der Waals surface area contributed by atoms with Gasteiger partial charge in [0, 0.05) is 30.9 Å². The molecule has 0 N–H and O–H groups in total. The van der Waals surface area contributed by atoms with Crippen LogP contribution in [-0.4, -0.2) is 52.0 Å². The van der Waals surface area contributed by atoms with Crippen molar-refractivity contribution in [3.05, 3.63) is 22.7 Å². The molecule has 0 spiro atoms. The van der Waals surface area contributed by atoms with Crippen LogP contribution in [0.25, 0.3) is 0 Å². The van der Waals surface area contributed by atoms with Crippen LogP contribution in [0.3, 0.4) is 0 Å². The maximum absolute atomic E-state index is 5.97. The van der Waals surface area contributed by atoms with E-state index in [0.29, 0.717) is 5.15 Å². The summed E-state index contributed by atoms with van der Waals surface area (Å²) in [6, 6.07) is 1.79. The molecule has 100 valence electrons. The Morgan fingerprint density at radius 1 is 1.33 bits per heavy atom. The van der Waals surface area contributed by atoms with Gasteiger partial charge in [0.25, 0.3) is 0 Å². The van der Waals surface area contributed by atoms with E-state index < -0.39 is 0 Å². The fourth-order valence-electron chi connectivity index (χ4n) is 2.34. The molecule has 1 aromatic rings. The molecule has 0 atom stereocenters. The monoisotopic (exact) mass is 268 g/mol. The normalized spacial score (nSPS) is 21.2. The van der Waals surface area contributed by atoms with Crippen molar-refractivity contribution in [3.8, 4) is 0 Å². The van der Waals surface area contributed by atoms with Crippen LogP contribution in [0.15, 0.2) is 6.07 Å². The number of halogens is 1. The molecule has 0 aliphatic carbocycles. The number of nitrogens with zero attached hydrogens (tertiary/aromatic N) is 4. The lowest BCUT2D eigenvalue weighted by molar-refractivity contribution is 0.0347. The third kappa shape index (κ3) is 3.19. The molecule has 0 amide bonds. The second-order valence-corrected chi connectivity index (χ2v) is 6.08. The molecule has 1 saturated heterocycles. The molecule has 1 aliphatic heterocycles. The van der Waals surface area contributed by atoms with E-state index in [4.69, 9.17) is 11.6 Å². The van der Waals surface area contributed by atoms with Gasteiger partial charge in [-0.15, -0.1) is 0 Å². The van der Waals surface area contributed by atoms with Crippen LogP contribution in [0.1, 0.15) is 25.4 Å². The summed E-state index contributed by atoms with van der Waals surface area (Å²) >= 11 is 5.97. The fourth-order valence-corrected chi connectivity index (χ4v) is 2.59. The highest BCUT2D eigenvalue weighted by atomic mass is 35.5. The average molecular weight is 269 g/mol. The van der Waals surface area contributed by atoms with Crippen molar-refractivity contribution in [1.29, 1.82) is 0 Å². The number of aryl methyl sites for hydroxylation is 1. The van der Waals surface area contributed by atoms with E-state index in [9.17, 15) is 0 Å². The molecule has 1 aliphatic rings. The Morgan fingerprint density at radius 2 is 2.06 bits per heavy atom. The third-order valence-electron chi connectivity index (χ3n) is 3.63. The maximum atomic E-state index is 5.97. The number of hydrogen-bond donors (Lipinski definition) is 0. The summed E-state index contributed by atoms with van der Waals surface area (Å²) in [5, 5.41) is 0.533. The van der Waals surface area contributed by atoms with E-state index in [1.54, 1.807) is 6.07 Å². The molecule has 2 rings (SSSR count). The Hall–Kier alpha value is -0.710. The molecule has 1 aromatic heterocycles. The molecule has 0 aromatic carbocycles. The second kappa shape index (κ2) is 5.11. The Labute approximate surface area is 114 Å². The molecule has 0 saturated carbocycles. The topological polar surface area (TPSA) is 32.3 Å². The zero-order valence-electron chi connectivity index (χ0n) is 11.6. The van der Waals surface area contributed by atoms with Crippen molar-refractivity contribution in [2.45, 2.75) is 32.9 Å². The number of piperazine rings is 1. The van der Waals surface area contributed by atoms with Crippen LogP contribution in [0.4, 0.5) is 0 Å². The third-order valence-corrected chi connectivity index (χ3v) is 3.82. The lowest BCUT2D eigenvalue weighted by Crippen LogP contribution is -2.57. The van der Waals surface area contributed by atoms with Gasteiger partial charge in [-0.05, 0) is 33.9 Å². The Bertz CT molecular complexity index is 413. The average Bonchev–Trinajstić information content (AvgIpc) is 2.21. The van der Waals surface area contributed by atoms with Crippen molar-refractivity contribution in [2.75, 3.05) is 26.7 Å². The number of rotatable bonds is 2. The summed E-state index contributed by atoms with van der Waals surface area (Å²) in [6.07, 6.45) is 0. The first-order chi connectivity index (χ1) is 8.37. The van der Waals surface area contributed by atoms with Gasteiger partial charge in [-0.25, -0.2) is 9.97 Å². The first-order valence-corrected chi connectivity index (χ1v) is 6.68. The lowest BCUT2D eigenvalue weighted by Gasteiger charge is -2.45. The molecule has 0 unspecified atom stereocenters. The highest BCUT2D eigenvalue weighted by molar-refractivity contribution is 6.29. The van der Waals surface area contributed by atoms with Crippen LogP contribution in [0.5, 0.6) is 0 Å². The Morgan fingerprint density at radius 3 is 2.67 bits per heavy atom. The SMILES string of the molecule is Cc1cc(Cl)nc(CN2CCN(C)C(C)(C)C2)n1. The van der Waals surface area contributed by atoms with Crippen LogP contribution in [-0.2, 0) is 6.54 Å². The van der Waals surface area contributed by atoms with Gasteiger partial charge in [0.15, 0.2) is 0 Å². The summed E-state index contributed by atoms with van der Waals surface area (Å²) in [5.74, 6) is 0.820. The van der Waals surface area contributed by atoms with Gasteiger partial charge in [0.05, 0.1) is 6.54 Å². The Balaban J connectivity index is 2.06. The van der Waals surface area contributed by atoms with Crippen molar-refractivity contribution < 1.29 is 0 Å². The minimum absolute atomic E-state index is 0.200. The summed E-state index contributed by atoms with van der Waals surface area (Å²) in [4.78, 5) is 13.5. The van der Waals surface area contributed by atoms with Gasteiger partial charge in [-0.2, -0.15) is 0 Å². The zero-order chi connectivity index (χ0) is 13.3. The number of hydrogen-bond acceptors (Lipinski definition) is 4. The van der Waals surface area contributed by atoms with Gasteiger partial charge in [-0.1, -0.05) is 11.6 Å². The van der Waals surface area contributed by atoms with Gasteiger partial charge >= 0.3 is 0 Å². The highest BCUT2D eigenvalue weighted by Crippen LogP contribution is 2.20. The fraction of sp³-hybridized carbons (Fsp3) is 0.692. The minimum Gasteiger partial charge on any atom is -0.299 e. The van der Waals surface area contributed by atoms with Crippen molar-refractivity contribution in [3.63, 3.8) is 0 Å². The molecular formula is C13H21ClN4. The Kier molecular flexibility index (Phi) is 3.90. The van der Waals surface area contributed by atoms with E-state index in [0.717, 1.165) is 37.7 Å². The largest absolute Gasteiger partial charge is 0.299 e. The number of likely N-dealkylation sites (N-methyl/N-ethyl adjacent to an activating group) is 1. The van der Waals surface area contributed by atoms with Crippen molar-refractivity contribution in [2.24, 2.45) is 0 Å². The van der Waals surface area contributed by atoms with Crippen LogP contribution in [0.2, 0.25) is 5.15 Å². The predicted octanol–water partition coefficient (Wildman–Crippen LogP) is 1.96. The summed E-state index contributed by atoms with van der Waals surface area (Å²) in [7, 11) is 2.18. The van der Waals surface area contributed by atoms with Crippen LogP contribution in [0, 0.1) is 6.92 Å². The molecular weight excluding hydrogens is 248 g/mol. The smallest absolute Gasteiger partial charge is 0.144 e. The van der Waals surface area contributed by atoms with Crippen molar-refractivity contribution >= 4 is 11.6 Å². The summed E-state index contributed by atoms with van der Waals surface area (Å²) in [6.45, 7) is 10.4. The van der Waals surface area contributed by atoms with Gasteiger partial charge < -0.3 is 0 Å². The minimum atomic E-state index is 0.200. The molecule has 4 nitrogen and oxygen atoms in total. The first kappa shape index (κ1) is 13.7. The maximum Gasteiger partial charge on any atom is 0.144 e. The molecule has 1 fully saturated rings. The van der Waals surface area contributed by atoms with Crippen molar-refractivity contribution in [1.82, 2.24) is 19.8 Å². The summed E-state index contributed by atoms with van der Waals surface area (Å²) < 4.78 is 0. The lowest BCUT2D eigenvalue weighted by atomic mass is 10.00. The van der Waals surface area contributed by atoms with Crippen LogP contribution < -0.4 is 0 Å². The molecule has 2 heterocycles. The molecule has 0 radical (unpaired) electrons. The van der Waals surface area contributed by atoms with E-state index in [1.807, 2.05) is 6.92 Å². The van der Waals surface area contributed by atoms with Crippen LogP contribution >= 0.6 is 11.6 Å². The van der Waals surface area contributed by atoms with Gasteiger partial charge in [0.1, 0.15) is 11.0 Å². The first-order valence-electron chi connectivity index (χ1n) is 6.30. The predicted molar refractivity (Wildman–Crippen MR) is 73.8 cm³/mol. The molecule has 18 heavy (non-hydrogen) atoms. The van der Waals surface area contributed by atoms with E-state index in [-0.39, 0.29) is 5.54 Å². The summed E-state index contributed by atoms with van der Waals surface area (Å²) in [5.41, 5.74) is 1.13. The van der Waals surface area contributed by atoms with Gasteiger partial charge in [0.2, 0.25) is 0 Å². The van der Waals surface area contributed by atoms with E-state index in [1.165, 1.54) is 0 Å². The van der Waals surface area contributed by atoms with Gasteiger partial charge in [-0.3, -0.25) is 9.80 Å². The second-order valence-electron chi connectivity index (χ2n) is 5.69. The highest BCUT2D eigenvalue weighted by Gasteiger charge is 2.31. The number of aromatic nitrogens is 2. The van der Waals surface area contributed by atoms with E-state index in [2.05, 4.69) is 40.7 Å². The zero-order valence-corrected chi connectivity index (χ0v) is 12.3. The quantitative estimate of drug-likeness (QED) is 0.768. The van der Waals surface area contributed by atoms with E-state index >= 15 is 0 Å². The molecule has 5 heteroatoms. The standard InChI is InChI=1S/C13H21ClN4/c1-10-7-11(14)16-12(15-10)8-18-6-5-17(4)13(2,3)9-18/h7H,5-6,8-9H2,1-4H3. The molecule has 0 bridgehead atoms.